The quantitative estimate of drug-likeness (QED) is 0.697. The summed E-state index contributed by atoms with van der Waals surface area (Å²) >= 11 is 6.36. The molecule has 2 saturated heterocycles. The second-order valence-electron chi connectivity index (χ2n) is 8.34. The lowest BCUT2D eigenvalue weighted by molar-refractivity contribution is -0.212. The number of rotatable bonds is 5. The summed E-state index contributed by atoms with van der Waals surface area (Å²) in [5.74, 6) is 0. The van der Waals surface area contributed by atoms with Crippen LogP contribution in [0.15, 0.2) is 24.3 Å². The van der Waals surface area contributed by atoms with Crippen molar-refractivity contribution in [2.45, 2.75) is 50.4 Å². The van der Waals surface area contributed by atoms with Crippen LogP contribution >= 0.6 is 36.4 Å². The second kappa shape index (κ2) is 10.9. The van der Waals surface area contributed by atoms with Gasteiger partial charge in [-0.3, -0.25) is 0 Å². The molecule has 1 aromatic carbocycles. The minimum Gasteiger partial charge on any atom is -0.392 e. The molecule has 3 N–H and O–H groups in total. The van der Waals surface area contributed by atoms with Gasteiger partial charge in [0, 0.05) is 37.5 Å². The number of nitrogens with two attached hydrogens (primary N) is 1. The van der Waals surface area contributed by atoms with E-state index in [9.17, 15) is 5.11 Å². The number of likely N-dealkylation sites (tertiary alicyclic amines) is 1. The van der Waals surface area contributed by atoms with Crippen LogP contribution in [0.4, 0.5) is 5.69 Å². The zero-order valence-corrected chi connectivity index (χ0v) is 19.2. The molecule has 1 saturated carbocycles. The fraction of sp³-hybridized carbons (Fsp3) is 0.714. The zero-order chi connectivity index (χ0) is 18.9. The molecular weight excluding hydrogens is 433 g/mol. The Bertz CT molecular complexity index is 635. The molecule has 0 unspecified atom stereocenters. The Morgan fingerprint density at radius 2 is 1.76 bits per heavy atom. The lowest BCUT2D eigenvalue weighted by Gasteiger charge is -2.57. The normalized spacial score (nSPS) is 27.1. The number of piperidine rings is 2. The first-order valence-electron chi connectivity index (χ1n) is 10.4. The molecule has 29 heavy (non-hydrogen) atoms. The first-order chi connectivity index (χ1) is 13.1. The maximum atomic E-state index is 10.4. The van der Waals surface area contributed by atoms with Crippen LogP contribution < -0.4 is 10.6 Å². The summed E-state index contributed by atoms with van der Waals surface area (Å²) in [6.45, 7) is 5.40. The van der Waals surface area contributed by atoms with E-state index in [1.54, 1.807) is 0 Å². The van der Waals surface area contributed by atoms with Gasteiger partial charge in [-0.25, -0.2) is 0 Å². The Balaban J connectivity index is 0.00000150. The molecule has 2 heterocycles. The molecule has 3 fully saturated rings. The van der Waals surface area contributed by atoms with Gasteiger partial charge in [-0.15, -0.1) is 24.8 Å². The number of hydrogen-bond donors (Lipinski definition) is 2. The van der Waals surface area contributed by atoms with E-state index in [1.807, 2.05) is 12.1 Å². The Morgan fingerprint density at radius 3 is 2.34 bits per heavy atom. The number of ether oxygens (including phenoxy) is 1. The molecule has 2 aliphatic heterocycles. The molecular formula is C21H34Cl3N3O2. The number of aliphatic hydroxyl groups excluding tert-OH is 1. The first-order valence-corrected chi connectivity index (χ1v) is 10.7. The Kier molecular flexibility index (Phi) is 9.35. The highest BCUT2D eigenvalue weighted by atomic mass is 35.5. The van der Waals surface area contributed by atoms with Crippen LogP contribution in [0.5, 0.6) is 0 Å². The third-order valence-electron chi connectivity index (χ3n) is 7.08. The summed E-state index contributed by atoms with van der Waals surface area (Å²) < 4.78 is 5.92. The van der Waals surface area contributed by atoms with Crippen molar-refractivity contribution < 1.29 is 9.84 Å². The summed E-state index contributed by atoms with van der Waals surface area (Å²) in [6, 6.07) is 8.78. The number of para-hydroxylation sites is 1. The molecule has 0 radical (unpaired) electrons. The van der Waals surface area contributed by atoms with Crippen molar-refractivity contribution in [1.82, 2.24) is 4.90 Å². The van der Waals surface area contributed by atoms with Gasteiger partial charge in [0.05, 0.1) is 29.5 Å². The molecule has 0 aromatic heterocycles. The number of aliphatic hydroxyl groups is 1. The molecule has 4 rings (SSSR count). The third kappa shape index (κ3) is 4.98. The number of benzene rings is 1. The summed E-state index contributed by atoms with van der Waals surface area (Å²) in [4.78, 5) is 5.05. The molecule has 2 atom stereocenters. The van der Waals surface area contributed by atoms with Gasteiger partial charge in [0.25, 0.3) is 0 Å². The van der Waals surface area contributed by atoms with Gasteiger partial charge in [0.15, 0.2) is 0 Å². The predicted octanol–water partition coefficient (Wildman–Crippen LogP) is 3.34. The summed E-state index contributed by atoms with van der Waals surface area (Å²) in [6.07, 6.45) is 5.19. The number of nitrogens with zero attached hydrogens (tertiary/aromatic N) is 2. The maximum absolute atomic E-state index is 10.4. The summed E-state index contributed by atoms with van der Waals surface area (Å²) in [5, 5.41) is 11.3. The van der Waals surface area contributed by atoms with Crippen molar-refractivity contribution in [2.75, 3.05) is 44.2 Å². The number of anilines is 1. The molecule has 8 heteroatoms. The van der Waals surface area contributed by atoms with Crippen LogP contribution in [0.2, 0.25) is 5.02 Å². The minimum absolute atomic E-state index is 0. The van der Waals surface area contributed by atoms with Crippen molar-refractivity contribution in [3.8, 4) is 0 Å². The van der Waals surface area contributed by atoms with Gasteiger partial charge in [0.1, 0.15) is 0 Å². The predicted molar refractivity (Wildman–Crippen MR) is 124 cm³/mol. The SMILES string of the molecule is Cl.Cl.NCCO[C@H]1C[C@@H](O)C12CCN(C1CCN(c3ccccc3Cl)CC1)CC2. The van der Waals surface area contributed by atoms with Crippen LogP contribution in [0.25, 0.3) is 0 Å². The molecule has 5 nitrogen and oxygen atoms in total. The monoisotopic (exact) mass is 465 g/mol. The van der Waals surface area contributed by atoms with Crippen molar-refractivity contribution in [3.63, 3.8) is 0 Å². The lowest BCUT2D eigenvalue weighted by atomic mass is 9.58. The largest absolute Gasteiger partial charge is 0.392 e. The van der Waals surface area contributed by atoms with Crippen molar-refractivity contribution in [2.24, 2.45) is 11.1 Å². The van der Waals surface area contributed by atoms with E-state index in [-0.39, 0.29) is 42.4 Å². The van der Waals surface area contributed by atoms with Crippen LogP contribution in [0.1, 0.15) is 32.1 Å². The highest BCUT2D eigenvalue weighted by Crippen LogP contribution is 2.51. The highest BCUT2D eigenvalue weighted by molar-refractivity contribution is 6.33. The Morgan fingerprint density at radius 1 is 1.10 bits per heavy atom. The van der Waals surface area contributed by atoms with E-state index < -0.39 is 0 Å². The van der Waals surface area contributed by atoms with Gasteiger partial charge in [-0.1, -0.05) is 23.7 Å². The maximum Gasteiger partial charge on any atom is 0.0682 e. The van der Waals surface area contributed by atoms with Gasteiger partial charge >= 0.3 is 0 Å². The van der Waals surface area contributed by atoms with Gasteiger partial charge < -0.3 is 25.4 Å². The Labute approximate surface area is 191 Å². The fourth-order valence-electron chi connectivity index (χ4n) is 5.31. The minimum atomic E-state index is -0.204. The van der Waals surface area contributed by atoms with Crippen LogP contribution in [-0.4, -0.2) is 67.6 Å². The molecule has 1 aliphatic carbocycles. The van der Waals surface area contributed by atoms with E-state index >= 15 is 0 Å². The summed E-state index contributed by atoms with van der Waals surface area (Å²) in [7, 11) is 0. The van der Waals surface area contributed by atoms with E-state index in [0.717, 1.165) is 56.2 Å². The topological polar surface area (TPSA) is 62.0 Å². The van der Waals surface area contributed by atoms with E-state index in [1.165, 1.54) is 12.8 Å². The van der Waals surface area contributed by atoms with Crippen molar-refractivity contribution in [1.29, 1.82) is 0 Å². The second-order valence-corrected chi connectivity index (χ2v) is 8.75. The standard InChI is InChI=1S/C21H32ClN3O2.2ClH/c22-17-3-1-2-4-18(17)25-10-5-16(6-11-25)24-12-7-21(8-13-24)19(26)15-20(21)27-14-9-23;;/h1-4,16,19-20,26H,5-15,23H2;2*1H/t19-,20+;;/m1../s1. The number of hydrogen-bond acceptors (Lipinski definition) is 5. The smallest absolute Gasteiger partial charge is 0.0682 e. The first kappa shape index (κ1) is 25.0. The van der Waals surface area contributed by atoms with Gasteiger partial charge in [-0.05, 0) is 50.9 Å². The average molecular weight is 467 g/mol. The van der Waals surface area contributed by atoms with E-state index in [0.29, 0.717) is 19.2 Å². The molecule has 1 aromatic rings. The average Bonchev–Trinajstić information content (AvgIpc) is 2.72. The molecule has 0 amide bonds. The molecule has 3 aliphatic rings. The zero-order valence-electron chi connectivity index (χ0n) is 16.8. The van der Waals surface area contributed by atoms with Gasteiger partial charge in [0.2, 0.25) is 0 Å². The van der Waals surface area contributed by atoms with Crippen LogP contribution in [0.3, 0.4) is 0 Å². The fourth-order valence-corrected chi connectivity index (χ4v) is 5.57. The highest BCUT2D eigenvalue weighted by Gasteiger charge is 2.56. The lowest BCUT2D eigenvalue weighted by Crippen LogP contribution is -2.63. The van der Waals surface area contributed by atoms with E-state index in [2.05, 4.69) is 21.9 Å². The van der Waals surface area contributed by atoms with Gasteiger partial charge in [-0.2, -0.15) is 0 Å². The van der Waals surface area contributed by atoms with E-state index in [4.69, 9.17) is 22.1 Å². The summed E-state index contributed by atoms with van der Waals surface area (Å²) in [5.41, 5.74) is 6.72. The van der Waals surface area contributed by atoms with Crippen LogP contribution in [0, 0.1) is 5.41 Å². The third-order valence-corrected chi connectivity index (χ3v) is 7.40. The molecule has 0 bridgehead atoms. The molecule has 1 spiro atoms. The van der Waals surface area contributed by atoms with Crippen molar-refractivity contribution in [3.05, 3.63) is 29.3 Å². The van der Waals surface area contributed by atoms with Crippen molar-refractivity contribution >= 4 is 42.1 Å². The van der Waals surface area contributed by atoms with Crippen LogP contribution in [-0.2, 0) is 4.74 Å². The Hall–Kier alpha value is -0.270. The molecule has 166 valence electrons. The number of halogens is 3.